The summed E-state index contributed by atoms with van der Waals surface area (Å²) in [6, 6.07) is 6.16. The van der Waals surface area contributed by atoms with Crippen molar-refractivity contribution in [2.24, 2.45) is 0 Å². The zero-order chi connectivity index (χ0) is 17.4. The van der Waals surface area contributed by atoms with Gasteiger partial charge in [-0.25, -0.2) is 15.4 Å². The van der Waals surface area contributed by atoms with Gasteiger partial charge in [-0.1, -0.05) is 6.07 Å². The second-order valence-corrected chi connectivity index (χ2v) is 5.94. The van der Waals surface area contributed by atoms with Gasteiger partial charge in [-0.2, -0.15) is 0 Å². The molecule has 0 bridgehead atoms. The first-order chi connectivity index (χ1) is 12.2. The Bertz CT molecular complexity index is 1040. The molecule has 7 nitrogen and oxygen atoms in total. The van der Waals surface area contributed by atoms with Crippen molar-refractivity contribution in [1.82, 2.24) is 20.0 Å². The molecular weight excluding hydrogens is 320 g/mol. The number of aromatic nitrogens is 3. The molecule has 0 fully saturated rings. The van der Waals surface area contributed by atoms with Crippen LogP contribution in [0.4, 0.5) is 0 Å². The molecule has 2 heterocycles. The molecule has 0 aliphatic heterocycles. The number of amides is 1. The smallest absolute Gasteiger partial charge is 0.280 e. The third kappa shape index (κ3) is 2.58. The zero-order valence-corrected chi connectivity index (χ0v) is 13.7. The molecule has 0 atom stereocenters. The Morgan fingerprint density at radius 2 is 2.12 bits per heavy atom. The molecule has 1 aliphatic rings. The monoisotopic (exact) mass is 336 g/mol. The predicted octanol–water partition coefficient (Wildman–Crippen LogP) is 1.56. The molecule has 0 saturated heterocycles. The fourth-order valence-corrected chi connectivity index (χ4v) is 3.28. The minimum absolute atomic E-state index is 0.0235. The van der Waals surface area contributed by atoms with Crippen LogP contribution < -0.4 is 10.9 Å². The maximum atomic E-state index is 12.6. The molecule has 0 saturated carbocycles. The van der Waals surface area contributed by atoms with Gasteiger partial charge >= 0.3 is 0 Å². The van der Waals surface area contributed by atoms with Crippen LogP contribution in [0.2, 0.25) is 0 Å². The van der Waals surface area contributed by atoms with Crippen molar-refractivity contribution in [3.63, 3.8) is 0 Å². The van der Waals surface area contributed by atoms with E-state index in [0.29, 0.717) is 5.65 Å². The number of pyridine rings is 1. The van der Waals surface area contributed by atoms with Gasteiger partial charge in [0.25, 0.3) is 5.91 Å². The van der Waals surface area contributed by atoms with Gasteiger partial charge in [0.15, 0.2) is 5.65 Å². The highest BCUT2D eigenvalue weighted by molar-refractivity contribution is 5.96. The first kappa shape index (κ1) is 15.5. The molecular formula is C18H16N4O3. The number of aryl methyl sites for hydroxylation is 2. The Balaban J connectivity index is 1.98. The number of fused-ring (bicyclic) bond motifs is 2. The molecule has 4 rings (SSSR count). The van der Waals surface area contributed by atoms with E-state index in [-0.39, 0.29) is 10.9 Å². The molecule has 1 amide bonds. The van der Waals surface area contributed by atoms with Gasteiger partial charge in [0.2, 0.25) is 5.43 Å². The average molecular weight is 336 g/mol. The van der Waals surface area contributed by atoms with Crippen molar-refractivity contribution < 1.29 is 9.63 Å². The van der Waals surface area contributed by atoms with E-state index in [9.17, 15) is 9.59 Å². The second-order valence-electron chi connectivity index (χ2n) is 5.94. The van der Waals surface area contributed by atoms with Gasteiger partial charge in [-0.05, 0) is 42.5 Å². The molecule has 0 spiro atoms. The lowest BCUT2D eigenvalue weighted by Crippen LogP contribution is -2.29. The van der Waals surface area contributed by atoms with Crippen LogP contribution in [0.5, 0.6) is 0 Å². The normalized spacial score (nSPS) is 13.0. The molecule has 25 heavy (non-hydrogen) atoms. The van der Waals surface area contributed by atoms with Gasteiger partial charge in [0.1, 0.15) is 11.9 Å². The second kappa shape index (κ2) is 6.10. The van der Waals surface area contributed by atoms with E-state index in [2.05, 4.69) is 32.4 Å². The summed E-state index contributed by atoms with van der Waals surface area (Å²) in [5, 5.41) is 0.284. The summed E-state index contributed by atoms with van der Waals surface area (Å²) < 4.78 is 1.75. The summed E-state index contributed by atoms with van der Waals surface area (Å²) in [6.45, 7) is 0. The molecule has 1 aromatic carbocycles. The molecule has 2 aromatic heterocycles. The molecule has 0 radical (unpaired) electrons. The molecule has 1 aliphatic carbocycles. The van der Waals surface area contributed by atoms with Gasteiger partial charge in [0, 0.05) is 18.1 Å². The standard InChI is InChI=1S/C18H16N4O3/c1-25-21-18(24)15-9-22(17-14(16(15)23)8-19-10-20-17)13-6-5-11-3-2-4-12(11)7-13/h5-10H,2-4H2,1H3,(H,21,24). The van der Waals surface area contributed by atoms with Crippen LogP contribution in [0.3, 0.4) is 0 Å². The number of benzene rings is 1. The number of carbonyl (C=O) groups excluding carboxylic acids is 1. The Morgan fingerprint density at radius 1 is 1.28 bits per heavy atom. The van der Waals surface area contributed by atoms with Crippen molar-refractivity contribution >= 4 is 16.9 Å². The largest absolute Gasteiger partial charge is 0.300 e. The van der Waals surface area contributed by atoms with E-state index in [4.69, 9.17) is 0 Å². The van der Waals surface area contributed by atoms with Crippen LogP contribution >= 0.6 is 0 Å². The highest BCUT2D eigenvalue weighted by Crippen LogP contribution is 2.25. The van der Waals surface area contributed by atoms with Crippen LogP contribution in [0, 0.1) is 0 Å². The Labute approximate surface area is 143 Å². The minimum atomic E-state index is -0.604. The molecule has 1 N–H and O–H groups in total. The summed E-state index contributed by atoms with van der Waals surface area (Å²) >= 11 is 0. The van der Waals surface area contributed by atoms with Crippen LogP contribution in [0.25, 0.3) is 16.7 Å². The Morgan fingerprint density at radius 3 is 2.96 bits per heavy atom. The van der Waals surface area contributed by atoms with E-state index >= 15 is 0 Å². The molecule has 3 aromatic rings. The maximum Gasteiger partial charge on any atom is 0.280 e. The van der Waals surface area contributed by atoms with Crippen molar-refractivity contribution in [3.8, 4) is 5.69 Å². The SMILES string of the molecule is CONC(=O)c1cn(-c2ccc3c(c2)CCC3)c2ncncc2c1=O. The highest BCUT2D eigenvalue weighted by Gasteiger charge is 2.18. The van der Waals surface area contributed by atoms with Crippen LogP contribution in [-0.2, 0) is 17.7 Å². The van der Waals surface area contributed by atoms with E-state index < -0.39 is 11.3 Å². The van der Waals surface area contributed by atoms with Gasteiger partial charge in [-0.15, -0.1) is 0 Å². The van der Waals surface area contributed by atoms with Gasteiger partial charge in [0.05, 0.1) is 12.5 Å². The van der Waals surface area contributed by atoms with Gasteiger partial charge in [-0.3, -0.25) is 14.4 Å². The maximum absolute atomic E-state index is 12.6. The number of hydrogen-bond donors (Lipinski definition) is 1. The lowest BCUT2D eigenvalue weighted by molar-refractivity contribution is 0.0536. The fourth-order valence-electron chi connectivity index (χ4n) is 3.28. The van der Waals surface area contributed by atoms with E-state index in [0.717, 1.165) is 24.9 Å². The average Bonchev–Trinajstić information content (AvgIpc) is 3.10. The molecule has 7 heteroatoms. The fraction of sp³-hybridized carbons (Fsp3) is 0.222. The Hall–Kier alpha value is -3.06. The van der Waals surface area contributed by atoms with Crippen molar-refractivity contribution in [2.45, 2.75) is 19.3 Å². The number of nitrogens with zero attached hydrogens (tertiary/aromatic N) is 3. The summed E-state index contributed by atoms with van der Waals surface area (Å²) in [4.78, 5) is 37.6. The summed E-state index contributed by atoms with van der Waals surface area (Å²) in [7, 11) is 1.32. The van der Waals surface area contributed by atoms with Crippen molar-refractivity contribution in [2.75, 3.05) is 7.11 Å². The third-order valence-electron chi connectivity index (χ3n) is 4.47. The summed E-state index contributed by atoms with van der Waals surface area (Å²) in [5.74, 6) is -0.604. The first-order valence-electron chi connectivity index (χ1n) is 8.00. The van der Waals surface area contributed by atoms with E-state index in [1.807, 2.05) is 6.07 Å². The number of carbonyl (C=O) groups is 1. The zero-order valence-electron chi connectivity index (χ0n) is 13.7. The lowest BCUT2D eigenvalue weighted by Gasteiger charge is -2.13. The predicted molar refractivity (Wildman–Crippen MR) is 91.6 cm³/mol. The molecule has 126 valence electrons. The highest BCUT2D eigenvalue weighted by atomic mass is 16.6. The van der Waals surface area contributed by atoms with Crippen LogP contribution in [0.1, 0.15) is 27.9 Å². The van der Waals surface area contributed by atoms with Crippen LogP contribution in [-0.4, -0.2) is 27.6 Å². The number of nitrogens with one attached hydrogen (secondary N) is 1. The Kier molecular flexibility index (Phi) is 3.77. The van der Waals surface area contributed by atoms with Gasteiger partial charge < -0.3 is 4.57 Å². The topological polar surface area (TPSA) is 86.1 Å². The van der Waals surface area contributed by atoms with Crippen molar-refractivity contribution in [1.29, 1.82) is 0 Å². The minimum Gasteiger partial charge on any atom is -0.300 e. The third-order valence-corrected chi connectivity index (χ3v) is 4.47. The molecule has 0 unspecified atom stereocenters. The summed E-state index contributed by atoms with van der Waals surface area (Å²) in [5.41, 5.74) is 5.71. The van der Waals surface area contributed by atoms with E-state index in [1.54, 1.807) is 4.57 Å². The van der Waals surface area contributed by atoms with Crippen LogP contribution in [0.15, 0.2) is 41.7 Å². The van der Waals surface area contributed by atoms with E-state index in [1.165, 1.54) is 37.0 Å². The number of hydroxylamine groups is 1. The summed E-state index contributed by atoms with van der Waals surface area (Å²) in [6.07, 6.45) is 7.59. The number of rotatable bonds is 3. The lowest BCUT2D eigenvalue weighted by atomic mass is 10.1. The first-order valence-corrected chi connectivity index (χ1v) is 8.00. The van der Waals surface area contributed by atoms with Crippen molar-refractivity contribution in [3.05, 3.63) is 63.8 Å². The number of hydrogen-bond acceptors (Lipinski definition) is 5. The quantitative estimate of drug-likeness (QED) is 0.734.